The van der Waals surface area contributed by atoms with E-state index < -0.39 is 5.97 Å². The number of ether oxygens (including phenoxy) is 1. The van der Waals surface area contributed by atoms with Gasteiger partial charge in [0, 0.05) is 6.08 Å². The Kier molecular flexibility index (Phi) is 2.54. The summed E-state index contributed by atoms with van der Waals surface area (Å²) in [6.07, 6.45) is 0.936. The Bertz CT molecular complexity index is 323. The van der Waals surface area contributed by atoms with Crippen LogP contribution in [0.5, 0.6) is 17.2 Å². The van der Waals surface area contributed by atoms with Crippen molar-refractivity contribution in [1.29, 1.82) is 0 Å². The molecular formula is C9H8O4. The zero-order chi connectivity index (χ0) is 9.84. The summed E-state index contributed by atoms with van der Waals surface area (Å²) in [5, 5.41) is 18.3. The van der Waals surface area contributed by atoms with Crippen molar-refractivity contribution < 1.29 is 19.7 Å². The van der Waals surface area contributed by atoms with Crippen molar-refractivity contribution in [3.8, 4) is 17.2 Å². The summed E-state index contributed by atoms with van der Waals surface area (Å²) < 4.78 is 4.57. The standard InChI is InChI=1S/C9H8O4/c1-2-8(12)13-9-6(10)4-3-5-7(9)11/h2-5,10-11H,1H2. The number of phenolic OH excluding ortho intramolecular Hbond substituents is 2. The van der Waals surface area contributed by atoms with Gasteiger partial charge in [0.1, 0.15) is 0 Å². The molecule has 0 saturated heterocycles. The van der Waals surface area contributed by atoms with Crippen LogP contribution in [0.15, 0.2) is 30.9 Å². The quantitative estimate of drug-likeness (QED) is 0.407. The number of carbonyl (C=O) groups is 1. The summed E-state index contributed by atoms with van der Waals surface area (Å²) in [5.41, 5.74) is 0. The fourth-order valence-electron chi connectivity index (χ4n) is 0.760. The topological polar surface area (TPSA) is 66.8 Å². The molecule has 0 aliphatic carbocycles. The van der Waals surface area contributed by atoms with Crippen LogP contribution in [0.3, 0.4) is 0 Å². The highest BCUT2D eigenvalue weighted by molar-refractivity contribution is 5.84. The molecule has 0 amide bonds. The second kappa shape index (κ2) is 3.62. The lowest BCUT2D eigenvalue weighted by molar-refractivity contribution is -0.129. The maximum Gasteiger partial charge on any atom is 0.335 e. The zero-order valence-electron chi connectivity index (χ0n) is 6.73. The van der Waals surface area contributed by atoms with Crippen LogP contribution in [-0.4, -0.2) is 16.2 Å². The minimum atomic E-state index is -0.739. The molecule has 0 aromatic heterocycles. The van der Waals surface area contributed by atoms with Crippen LogP contribution in [-0.2, 0) is 4.79 Å². The van der Waals surface area contributed by atoms with E-state index in [0.717, 1.165) is 6.08 Å². The normalized spacial score (nSPS) is 9.23. The summed E-state index contributed by atoms with van der Waals surface area (Å²) >= 11 is 0. The van der Waals surface area contributed by atoms with Gasteiger partial charge in [-0.3, -0.25) is 0 Å². The maximum absolute atomic E-state index is 10.7. The summed E-state index contributed by atoms with van der Waals surface area (Å²) in [4.78, 5) is 10.7. The van der Waals surface area contributed by atoms with Crippen molar-refractivity contribution in [2.24, 2.45) is 0 Å². The molecule has 0 spiro atoms. The van der Waals surface area contributed by atoms with Gasteiger partial charge in [-0.15, -0.1) is 0 Å². The largest absolute Gasteiger partial charge is 0.504 e. The zero-order valence-corrected chi connectivity index (χ0v) is 6.73. The molecule has 0 saturated carbocycles. The van der Waals surface area contributed by atoms with E-state index in [4.69, 9.17) is 10.2 Å². The summed E-state index contributed by atoms with van der Waals surface area (Å²) in [6, 6.07) is 4.02. The van der Waals surface area contributed by atoms with Crippen molar-refractivity contribution >= 4 is 5.97 Å². The highest BCUT2D eigenvalue weighted by Gasteiger charge is 2.10. The fraction of sp³-hybridized carbons (Fsp3) is 0. The molecule has 1 aromatic rings. The van der Waals surface area contributed by atoms with Crippen LogP contribution >= 0.6 is 0 Å². The van der Waals surface area contributed by atoms with Gasteiger partial charge in [0.25, 0.3) is 0 Å². The van der Waals surface area contributed by atoms with Gasteiger partial charge in [-0.05, 0) is 12.1 Å². The van der Waals surface area contributed by atoms with E-state index >= 15 is 0 Å². The molecule has 0 radical (unpaired) electrons. The van der Waals surface area contributed by atoms with Gasteiger partial charge in [-0.25, -0.2) is 4.79 Å². The van der Waals surface area contributed by atoms with Crippen LogP contribution in [0.4, 0.5) is 0 Å². The third-order valence-corrected chi connectivity index (χ3v) is 1.34. The Balaban J connectivity index is 2.99. The SMILES string of the molecule is C=CC(=O)Oc1c(O)cccc1O. The third kappa shape index (κ3) is 1.99. The van der Waals surface area contributed by atoms with Crippen LogP contribution in [0.1, 0.15) is 0 Å². The van der Waals surface area contributed by atoms with E-state index in [9.17, 15) is 4.79 Å². The van der Waals surface area contributed by atoms with Gasteiger partial charge in [0.05, 0.1) is 0 Å². The Morgan fingerprint density at radius 3 is 2.38 bits per heavy atom. The summed E-state index contributed by atoms with van der Waals surface area (Å²) in [6.45, 7) is 3.18. The van der Waals surface area contributed by atoms with Gasteiger partial charge in [-0.1, -0.05) is 12.6 Å². The molecule has 1 aromatic carbocycles. The van der Waals surface area contributed by atoms with E-state index in [1.165, 1.54) is 18.2 Å². The Morgan fingerprint density at radius 1 is 1.38 bits per heavy atom. The molecule has 4 heteroatoms. The molecule has 0 bridgehead atoms. The molecule has 1 rings (SSSR count). The number of rotatable bonds is 2. The summed E-state index contributed by atoms with van der Waals surface area (Å²) in [5.74, 6) is -1.59. The van der Waals surface area contributed by atoms with Crippen LogP contribution < -0.4 is 4.74 Å². The molecule has 0 atom stereocenters. The van der Waals surface area contributed by atoms with Crippen molar-refractivity contribution in [2.45, 2.75) is 0 Å². The minimum absolute atomic E-state index is 0.257. The van der Waals surface area contributed by atoms with Gasteiger partial charge in [0.2, 0.25) is 5.75 Å². The van der Waals surface area contributed by atoms with E-state index in [2.05, 4.69) is 11.3 Å². The minimum Gasteiger partial charge on any atom is -0.504 e. The smallest absolute Gasteiger partial charge is 0.335 e. The molecule has 0 aliphatic rings. The van der Waals surface area contributed by atoms with E-state index in [1.807, 2.05) is 0 Å². The monoisotopic (exact) mass is 180 g/mol. The predicted octanol–water partition coefficient (Wildman–Crippen LogP) is 1.19. The molecule has 4 nitrogen and oxygen atoms in total. The molecule has 0 aliphatic heterocycles. The first-order chi connectivity index (χ1) is 6.15. The molecule has 0 unspecified atom stereocenters. The van der Waals surface area contributed by atoms with Crippen molar-refractivity contribution in [3.05, 3.63) is 30.9 Å². The van der Waals surface area contributed by atoms with Gasteiger partial charge >= 0.3 is 5.97 Å². The second-order valence-corrected chi connectivity index (χ2v) is 2.25. The fourth-order valence-corrected chi connectivity index (χ4v) is 0.760. The first kappa shape index (κ1) is 9.12. The number of hydrogen-bond donors (Lipinski definition) is 2. The van der Waals surface area contributed by atoms with E-state index in [0.29, 0.717) is 0 Å². The number of aromatic hydroxyl groups is 2. The second-order valence-electron chi connectivity index (χ2n) is 2.25. The Hall–Kier alpha value is -1.97. The predicted molar refractivity (Wildman–Crippen MR) is 45.6 cm³/mol. The third-order valence-electron chi connectivity index (χ3n) is 1.34. The average molecular weight is 180 g/mol. The highest BCUT2D eigenvalue weighted by atomic mass is 16.5. The Morgan fingerprint density at radius 2 is 1.92 bits per heavy atom. The number of esters is 1. The van der Waals surface area contributed by atoms with Gasteiger partial charge in [0.15, 0.2) is 11.5 Å². The summed E-state index contributed by atoms with van der Waals surface area (Å²) in [7, 11) is 0. The first-order valence-electron chi connectivity index (χ1n) is 3.50. The average Bonchev–Trinajstić information content (AvgIpc) is 2.11. The van der Waals surface area contributed by atoms with E-state index in [1.54, 1.807) is 0 Å². The first-order valence-corrected chi connectivity index (χ1v) is 3.50. The van der Waals surface area contributed by atoms with Crippen molar-refractivity contribution in [3.63, 3.8) is 0 Å². The van der Waals surface area contributed by atoms with Gasteiger partial charge < -0.3 is 14.9 Å². The number of carbonyl (C=O) groups excluding carboxylic acids is 1. The van der Waals surface area contributed by atoms with E-state index in [-0.39, 0.29) is 17.2 Å². The van der Waals surface area contributed by atoms with Crippen LogP contribution in [0.2, 0.25) is 0 Å². The highest BCUT2D eigenvalue weighted by Crippen LogP contribution is 2.34. The number of hydrogen-bond acceptors (Lipinski definition) is 4. The van der Waals surface area contributed by atoms with Crippen LogP contribution in [0, 0.1) is 0 Å². The molecular weight excluding hydrogens is 172 g/mol. The number of benzene rings is 1. The van der Waals surface area contributed by atoms with Crippen LogP contribution in [0.25, 0.3) is 0 Å². The molecule has 0 heterocycles. The lowest BCUT2D eigenvalue weighted by Crippen LogP contribution is -2.03. The molecule has 0 fully saturated rings. The lowest BCUT2D eigenvalue weighted by atomic mass is 10.3. The Labute approximate surface area is 74.7 Å². The number of phenols is 2. The lowest BCUT2D eigenvalue weighted by Gasteiger charge is -2.05. The van der Waals surface area contributed by atoms with Crippen molar-refractivity contribution in [1.82, 2.24) is 0 Å². The molecule has 68 valence electrons. The van der Waals surface area contributed by atoms with Crippen molar-refractivity contribution in [2.75, 3.05) is 0 Å². The van der Waals surface area contributed by atoms with Gasteiger partial charge in [-0.2, -0.15) is 0 Å². The molecule has 13 heavy (non-hydrogen) atoms. The number of para-hydroxylation sites is 1. The molecule has 2 N–H and O–H groups in total. The maximum atomic E-state index is 10.7.